The zero-order valence-corrected chi connectivity index (χ0v) is 13.6. The molecule has 0 saturated carbocycles. The second-order valence-electron chi connectivity index (χ2n) is 6.63. The average Bonchev–Trinajstić information content (AvgIpc) is 2.85. The first-order chi connectivity index (χ1) is 11.0. The third-order valence-corrected chi connectivity index (χ3v) is 5.06. The predicted octanol–water partition coefficient (Wildman–Crippen LogP) is 0.154. The fourth-order valence-electron chi connectivity index (χ4n) is 3.87. The van der Waals surface area contributed by atoms with Crippen molar-refractivity contribution in [1.29, 1.82) is 0 Å². The van der Waals surface area contributed by atoms with Crippen molar-refractivity contribution in [1.82, 2.24) is 0 Å². The Morgan fingerprint density at radius 3 is 2.52 bits per heavy atom. The van der Waals surface area contributed by atoms with Gasteiger partial charge in [-0.05, 0) is 19.3 Å². The lowest BCUT2D eigenvalue weighted by Crippen LogP contribution is -2.61. The fraction of sp³-hybridized carbons (Fsp3) is 0.938. The number of aliphatic hydroxyl groups is 2. The average molecular weight is 330 g/mol. The van der Waals surface area contributed by atoms with Crippen molar-refractivity contribution in [2.75, 3.05) is 7.11 Å². The molecule has 3 heterocycles. The van der Waals surface area contributed by atoms with E-state index in [4.69, 9.17) is 14.2 Å². The molecule has 0 aliphatic carbocycles. The molecule has 2 N–H and O–H groups in total. The summed E-state index contributed by atoms with van der Waals surface area (Å²) in [4.78, 5) is 11.4. The lowest BCUT2D eigenvalue weighted by atomic mass is 9.88. The van der Waals surface area contributed by atoms with E-state index in [9.17, 15) is 15.0 Å². The first-order valence-corrected chi connectivity index (χ1v) is 8.44. The van der Waals surface area contributed by atoms with E-state index in [-0.39, 0.29) is 30.7 Å². The van der Waals surface area contributed by atoms with Gasteiger partial charge in [0.15, 0.2) is 0 Å². The third kappa shape index (κ3) is 3.25. The quantitative estimate of drug-likeness (QED) is 0.709. The largest absolute Gasteiger partial charge is 0.469 e. The molecule has 23 heavy (non-hydrogen) atoms. The summed E-state index contributed by atoms with van der Waals surface area (Å²) in [6.07, 6.45) is -0.955. The zero-order chi connectivity index (χ0) is 16.6. The van der Waals surface area contributed by atoms with Crippen LogP contribution in [-0.4, -0.2) is 72.1 Å². The molecule has 3 rings (SSSR count). The highest BCUT2D eigenvalue weighted by Gasteiger charge is 2.56. The maximum atomic E-state index is 11.4. The molecule has 0 radical (unpaired) electrons. The van der Waals surface area contributed by atoms with Gasteiger partial charge in [-0.2, -0.15) is 0 Å². The van der Waals surface area contributed by atoms with Gasteiger partial charge in [0.05, 0.1) is 31.8 Å². The molecule has 0 amide bonds. The van der Waals surface area contributed by atoms with Crippen molar-refractivity contribution in [3.63, 3.8) is 0 Å². The number of aliphatic hydroxyl groups excluding tert-OH is 2. The van der Waals surface area contributed by atoms with Crippen LogP contribution >= 0.6 is 0 Å². The van der Waals surface area contributed by atoms with Gasteiger partial charge in [0, 0.05) is 0 Å². The number of hydrogen-bond donors (Lipinski definition) is 2. The van der Waals surface area contributed by atoms with E-state index in [1.165, 1.54) is 7.11 Å². The van der Waals surface area contributed by atoms with E-state index >= 15 is 0 Å². The first kappa shape index (κ1) is 17.1. The highest BCUT2D eigenvalue weighted by Crippen LogP contribution is 2.39. The molecule has 0 aromatic rings. The van der Waals surface area contributed by atoms with Crippen LogP contribution in [0.15, 0.2) is 0 Å². The predicted molar refractivity (Wildman–Crippen MR) is 78.8 cm³/mol. The van der Waals surface area contributed by atoms with Gasteiger partial charge in [0.2, 0.25) is 0 Å². The first-order valence-electron chi connectivity index (χ1n) is 8.44. The minimum absolute atomic E-state index is 0.169. The van der Waals surface area contributed by atoms with E-state index in [0.29, 0.717) is 12.8 Å². The van der Waals surface area contributed by atoms with E-state index in [1.54, 1.807) is 0 Å². The topological polar surface area (TPSA) is 94.5 Å². The minimum atomic E-state index is -0.865. The van der Waals surface area contributed by atoms with Crippen molar-refractivity contribution in [3.8, 4) is 0 Å². The van der Waals surface area contributed by atoms with Crippen LogP contribution < -0.4 is 0 Å². The Morgan fingerprint density at radius 1 is 1.09 bits per heavy atom. The van der Waals surface area contributed by atoms with Gasteiger partial charge in [0.1, 0.15) is 30.5 Å². The summed E-state index contributed by atoms with van der Waals surface area (Å²) in [6, 6.07) is 0. The van der Waals surface area contributed by atoms with Crippen LogP contribution in [0.3, 0.4) is 0 Å². The van der Waals surface area contributed by atoms with Crippen molar-refractivity contribution in [2.24, 2.45) is 0 Å². The summed E-state index contributed by atoms with van der Waals surface area (Å²) in [5, 5.41) is 21.0. The zero-order valence-electron chi connectivity index (χ0n) is 13.6. The Morgan fingerprint density at radius 2 is 1.83 bits per heavy atom. The van der Waals surface area contributed by atoms with Crippen LogP contribution in [0.4, 0.5) is 0 Å². The number of fused-ring (bicyclic) bond motifs is 2. The Labute approximate surface area is 135 Å². The van der Waals surface area contributed by atoms with Crippen molar-refractivity contribution >= 4 is 5.97 Å². The van der Waals surface area contributed by atoms with E-state index < -0.39 is 30.5 Å². The van der Waals surface area contributed by atoms with Crippen molar-refractivity contribution in [2.45, 2.75) is 87.9 Å². The normalized spacial score (nSPS) is 46.1. The van der Waals surface area contributed by atoms with Crippen LogP contribution in [0.2, 0.25) is 0 Å². The summed E-state index contributed by atoms with van der Waals surface area (Å²) < 4.78 is 22.3. The third-order valence-electron chi connectivity index (χ3n) is 5.06. The summed E-state index contributed by atoms with van der Waals surface area (Å²) in [5.74, 6) is -0.326. The van der Waals surface area contributed by atoms with Gasteiger partial charge in [-0.25, -0.2) is 0 Å². The van der Waals surface area contributed by atoms with Crippen molar-refractivity contribution < 1.29 is 34.0 Å². The van der Waals surface area contributed by atoms with Crippen LogP contribution in [0.5, 0.6) is 0 Å². The molecule has 0 aromatic heterocycles. The summed E-state index contributed by atoms with van der Waals surface area (Å²) in [5.41, 5.74) is 0. The maximum absolute atomic E-state index is 11.4. The van der Waals surface area contributed by atoms with Gasteiger partial charge < -0.3 is 29.2 Å². The summed E-state index contributed by atoms with van der Waals surface area (Å²) in [6.45, 7) is 2.02. The summed E-state index contributed by atoms with van der Waals surface area (Å²) in [7, 11) is 1.35. The minimum Gasteiger partial charge on any atom is -0.469 e. The van der Waals surface area contributed by atoms with E-state index in [0.717, 1.165) is 12.8 Å². The smallest absolute Gasteiger partial charge is 0.308 e. The Kier molecular flexibility index (Phi) is 5.22. The number of carbonyl (C=O) groups excluding carboxylic acids is 1. The SMILES string of the molecule is CCC[C@H]1O[C@H]2[C@@H](O)[C@H]3O[C@@H](CC(=O)OC)CC[C@@H]3O[C@H]2[C@@H]1O. The molecule has 7 heteroatoms. The lowest BCUT2D eigenvalue weighted by molar-refractivity contribution is -0.259. The Balaban J connectivity index is 1.66. The number of carbonyl (C=O) groups is 1. The van der Waals surface area contributed by atoms with Gasteiger partial charge in [-0.1, -0.05) is 13.3 Å². The maximum Gasteiger partial charge on any atom is 0.308 e. The number of rotatable bonds is 4. The van der Waals surface area contributed by atoms with Gasteiger partial charge in [0.25, 0.3) is 0 Å². The van der Waals surface area contributed by atoms with Gasteiger partial charge >= 0.3 is 5.97 Å². The van der Waals surface area contributed by atoms with Crippen LogP contribution in [0.25, 0.3) is 0 Å². The van der Waals surface area contributed by atoms with Crippen molar-refractivity contribution in [3.05, 3.63) is 0 Å². The molecule has 0 bridgehead atoms. The molecule has 7 nitrogen and oxygen atoms in total. The second kappa shape index (κ2) is 7.03. The molecule has 0 aromatic carbocycles. The monoisotopic (exact) mass is 330 g/mol. The van der Waals surface area contributed by atoms with Gasteiger partial charge in [-0.15, -0.1) is 0 Å². The van der Waals surface area contributed by atoms with E-state index in [2.05, 4.69) is 4.74 Å². The molecule has 3 fully saturated rings. The molecular formula is C16H26O7. The Hall–Kier alpha value is -0.730. The number of methoxy groups -OCH3 is 1. The molecule has 8 atom stereocenters. The van der Waals surface area contributed by atoms with Crippen LogP contribution in [0.1, 0.15) is 39.0 Å². The molecule has 3 saturated heterocycles. The standard InChI is InChI=1S/C16H26O7/c1-3-4-9-12(18)15-16(22-9)13(19)14-10(23-15)6-5-8(21-14)7-11(17)20-2/h8-10,12-16,18-19H,3-7H2,1-2H3/t8-,9-,10+,12-,13+,14+,15+,16+/m1/s1. The summed E-state index contributed by atoms with van der Waals surface area (Å²) >= 11 is 0. The number of ether oxygens (including phenoxy) is 4. The molecule has 0 unspecified atom stereocenters. The number of hydrogen-bond acceptors (Lipinski definition) is 7. The van der Waals surface area contributed by atoms with Gasteiger partial charge in [-0.3, -0.25) is 4.79 Å². The van der Waals surface area contributed by atoms with E-state index in [1.807, 2.05) is 6.92 Å². The molecule has 132 valence electrons. The molecule has 3 aliphatic heterocycles. The highest BCUT2D eigenvalue weighted by atomic mass is 16.6. The van der Waals surface area contributed by atoms with Crippen LogP contribution in [0, 0.1) is 0 Å². The van der Waals surface area contributed by atoms with Crippen LogP contribution in [-0.2, 0) is 23.7 Å². The molecule has 3 aliphatic rings. The number of esters is 1. The Bertz CT molecular complexity index is 429. The second-order valence-corrected chi connectivity index (χ2v) is 6.63. The highest BCUT2D eigenvalue weighted by molar-refractivity contribution is 5.69. The molecule has 0 spiro atoms. The molecular weight excluding hydrogens is 304 g/mol. The lowest BCUT2D eigenvalue weighted by Gasteiger charge is -2.46. The fourth-order valence-corrected chi connectivity index (χ4v) is 3.87.